The molecule has 0 bridgehead atoms. The standard InChI is InChI=1S/C21H24N2O6/c1-22(13-19(24)23-8-10-27-11-9-23)20(25)14-29-21(26)15-28-18-7-6-16-4-2-3-5-17(16)12-18/h2-7,12H,8-11,13-15H2,1H3. The molecule has 1 heterocycles. The minimum Gasteiger partial charge on any atom is -0.482 e. The first kappa shape index (κ1) is 20.6. The largest absolute Gasteiger partial charge is 0.482 e. The summed E-state index contributed by atoms with van der Waals surface area (Å²) in [5.41, 5.74) is 0. The van der Waals surface area contributed by atoms with Crippen LogP contribution in [0.25, 0.3) is 10.8 Å². The van der Waals surface area contributed by atoms with Crippen molar-refractivity contribution in [3.63, 3.8) is 0 Å². The summed E-state index contributed by atoms with van der Waals surface area (Å²) in [6.45, 7) is 1.22. The fourth-order valence-corrected chi connectivity index (χ4v) is 2.90. The van der Waals surface area contributed by atoms with Gasteiger partial charge >= 0.3 is 5.97 Å². The first-order valence-electron chi connectivity index (χ1n) is 9.39. The Morgan fingerprint density at radius 1 is 1.03 bits per heavy atom. The summed E-state index contributed by atoms with van der Waals surface area (Å²) >= 11 is 0. The summed E-state index contributed by atoms with van der Waals surface area (Å²) < 4.78 is 15.6. The number of hydrogen-bond acceptors (Lipinski definition) is 6. The number of hydrogen-bond donors (Lipinski definition) is 0. The molecule has 154 valence electrons. The van der Waals surface area contributed by atoms with Crippen LogP contribution in [0.3, 0.4) is 0 Å². The van der Waals surface area contributed by atoms with Crippen molar-refractivity contribution in [3.05, 3.63) is 42.5 Å². The van der Waals surface area contributed by atoms with E-state index in [-0.39, 0.29) is 19.1 Å². The van der Waals surface area contributed by atoms with Crippen LogP contribution in [-0.4, -0.2) is 80.7 Å². The zero-order valence-electron chi connectivity index (χ0n) is 16.3. The van der Waals surface area contributed by atoms with Crippen molar-refractivity contribution < 1.29 is 28.6 Å². The van der Waals surface area contributed by atoms with Gasteiger partial charge in [-0.3, -0.25) is 9.59 Å². The summed E-state index contributed by atoms with van der Waals surface area (Å²) in [4.78, 5) is 39.0. The number of likely N-dealkylation sites (N-methyl/N-ethyl adjacent to an activating group) is 1. The molecule has 0 aliphatic carbocycles. The van der Waals surface area contributed by atoms with E-state index in [1.165, 1.54) is 11.9 Å². The van der Waals surface area contributed by atoms with E-state index < -0.39 is 18.5 Å². The highest BCUT2D eigenvalue weighted by Crippen LogP contribution is 2.20. The van der Waals surface area contributed by atoms with Crippen molar-refractivity contribution in [2.24, 2.45) is 0 Å². The number of carbonyl (C=O) groups is 3. The summed E-state index contributed by atoms with van der Waals surface area (Å²) in [7, 11) is 1.50. The zero-order valence-corrected chi connectivity index (χ0v) is 16.3. The Bertz CT molecular complexity index is 878. The van der Waals surface area contributed by atoms with Gasteiger partial charge in [0.05, 0.1) is 19.8 Å². The lowest BCUT2D eigenvalue weighted by Crippen LogP contribution is -2.46. The van der Waals surface area contributed by atoms with Gasteiger partial charge in [0.2, 0.25) is 5.91 Å². The molecule has 0 unspecified atom stereocenters. The third-order valence-corrected chi connectivity index (χ3v) is 4.60. The van der Waals surface area contributed by atoms with E-state index in [1.54, 1.807) is 11.0 Å². The van der Waals surface area contributed by atoms with Crippen LogP contribution < -0.4 is 4.74 Å². The molecule has 0 aromatic heterocycles. The Kier molecular flexibility index (Phi) is 7.02. The monoisotopic (exact) mass is 400 g/mol. The molecule has 1 aliphatic rings. The average molecular weight is 400 g/mol. The van der Waals surface area contributed by atoms with Crippen molar-refractivity contribution in [2.75, 3.05) is 53.1 Å². The van der Waals surface area contributed by atoms with Crippen LogP contribution in [-0.2, 0) is 23.9 Å². The van der Waals surface area contributed by atoms with Crippen LogP contribution in [0.15, 0.2) is 42.5 Å². The second kappa shape index (κ2) is 9.88. The summed E-state index contributed by atoms with van der Waals surface area (Å²) in [5.74, 6) is -0.722. The molecule has 0 N–H and O–H groups in total. The number of nitrogens with zero attached hydrogens (tertiary/aromatic N) is 2. The van der Waals surface area contributed by atoms with Crippen LogP contribution in [0.5, 0.6) is 5.75 Å². The molecule has 8 nitrogen and oxygen atoms in total. The van der Waals surface area contributed by atoms with Gasteiger partial charge in [-0.15, -0.1) is 0 Å². The number of fused-ring (bicyclic) bond motifs is 1. The average Bonchev–Trinajstić information content (AvgIpc) is 2.76. The normalized spacial score (nSPS) is 13.8. The Morgan fingerprint density at radius 2 is 1.76 bits per heavy atom. The lowest BCUT2D eigenvalue weighted by atomic mass is 10.1. The molecule has 1 fully saturated rings. The number of esters is 1. The number of morpholine rings is 1. The third-order valence-electron chi connectivity index (χ3n) is 4.60. The van der Waals surface area contributed by atoms with Crippen molar-refractivity contribution >= 4 is 28.6 Å². The van der Waals surface area contributed by atoms with Crippen molar-refractivity contribution in [2.45, 2.75) is 0 Å². The lowest BCUT2D eigenvalue weighted by molar-refractivity contribution is -0.154. The minimum atomic E-state index is -0.653. The number of amides is 2. The number of ether oxygens (including phenoxy) is 3. The predicted molar refractivity (Wildman–Crippen MR) is 105 cm³/mol. The number of benzene rings is 2. The van der Waals surface area contributed by atoms with E-state index in [9.17, 15) is 14.4 Å². The Morgan fingerprint density at radius 3 is 2.52 bits per heavy atom. The second-order valence-corrected chi connectivity index (χ2v) is 6.70. The number of rotatable bonds is 7. The molecule has 1 saturated heterocycles. The van der Waals surface area contributed by atoms with Crippen LogP contribution in [0, 0.1) is 0 Å². The SMILES string of the molecule is CN(CC(=O)N1CCOCC1)C(=O)COC(=O)COc1ccc2ccccc2c1. The Labute approximate surface area is 168 Å². The predicted octanol–water partition coefficient (Wildman–Crippen LogP) is 1.08. The van der Waals surface area contributed by atoms with E-state index in [0.29, 0.717) is 32.1 Å². The van der Waals surface area contributed by atoms with Crippen molar-refractivity contribution in [1.82, 2.24) is 9.80 Å². The molecule has 29 heavy (non-hydrogen) atoms. The van der Waals surface area contributed by atoms with Crippen LogP contribution in [0.2, 0.25) is 0 Å². The fourth-order valence-electron chi connectivity index (χ4n) is 2.90. The minimum absolute atomic E-state index is 0.0655. The quantitative estimate of drug-likeness (QED) is 0.647. The fraction of sp³-hybridized carbons (Fsp3) is 0.381. The number of carbonyl (C=O) groups excluding carboxylic acids is 3. The summed E-state index contributed by atoms with van der Waals surface area (Å²) in [5, 5.41) is 2.07. The molecule has 2 amide bonds. The van der Waals surface area contributed by atoms with E-state index in [1.807, 2.05) is 36.4 Å². The Balaban J connectivity index is 1.39. The molecule has 0 saturated carbocycles. The Hall–Kier alpha value is -3.13. The maximum atomic E-state index is 12.2. The van der Waals surface area contributed by atoms with Crippen molar-refractivity contribution in [3.8, 4) is 5.75 Å². The van der Waals surface area contributed by atoms with Gasteiger partial charge in [0.1, 0.15) is 5.75 Å². The molecule has 8 heteroatoms. The molecular weight excluding hydrogens is 376 g/mol. The highest BCUT2D eigenvalue weighted by atomic mass is 16.6. The van der Waals surface area contributed by atoms with Gasteiger partial charge in [0, 0.05) is 20.1 Å². The van der Waals surface area contributed by atoms with Crippen LogP contribution in [0.1, 0.15) is 0 Å². The maximum absolute atomic E-state index is 12.2. The highest BCUT2D eigenvalue weighted by Gasteiger charge is 2.21. The van der Waals surface area contributed by atoms with E-state index in [0.717, 1.165) is 10.8 Å². The second-order valence-electron chi connectivity index (χ2n) is 6.70. The highest BCUT2D eigenvalue weighted by molar-refractivity contribution is 5.86. The molecule has 0 spiro atoms. The van der Waals surface area contributed by atoms with E-state index in [2.05, 4.69) is 0 Å². The lowest BCUT2D eigenvalue weighted by Gasteiger charge is -2.28. The first-order chi connectivity index (χ1) is 14.0. The van der Waals surface area contributed by atoms with Gasteiger partial charge in [-0.05, 0) is 22.9 Å². The smallest absolute Gasteiger partial charge is 0.344 e. The third kappa shape index (κ3) is 5.92. The molecule has 3 rings (SSSR count). The van der Waals surface area contributed by atoms with Gasteiger partial charge in [-0.25, -0.2) is 4.79 Å². The van der Waals surface area contributed by atoms with Gasteiger partial charge < -0.3 is 24.0 Å². The molecule has 1 aliphatic heterocycles. The van der Waals surface area contributed by atoms with E-state index in [4.69, 9.17) is 14.2 Å². The molecular formula is C21H24N2O6. The van der Waals surface area contributed by atoms with Gasteiger partial charge in [0.25, 0.3) is 5.91 Å². The van der Waals surface area contributed by atoms with Crippen LogP contribution in [0.4, 0.5) is 0 Å². The van der Waals surface area contributed by atoms with Crippen molar-refractivity contribution in [1.29, 1.82) is 0 Å². The van der Waals surface area contributed by atoms with Gasteiger partial charge in [-0.1, -0.05) is 30.3 Å². The van der Waals surface area contributed by atoms with Crippen LogP contribution >= 0.6 is 0 Å². The van der Waals surface area contributed by atoms with Gasteiger partial charge in [-0.2, -0.15) is 0 Å². The molecule has 0 radical (unpaired) electrons. The molecule has 2 aromatic carbocycles. The molecule has 0 atom stereocenters. The topological polar surface area (TPSA) is 85.4 Å². The zero-order chi connectivity index (χ0) is 20.6. The molecule has 2 aromatic rings. The van der Waals surface area contributed by atoms with Gasteiger partial charge in [0.15, 0.2) is 13.2 Å². The summed E-state index contributed by atoms with van der Waals surface area (Å²) in [6.07, 6.45) is 0. The summed E-state index contributed by atoms with van der Waals surface area (Å²) in [6, 6.07) is 13.3. The first-order valence-corrected chi connectivity index (χ1v) is 9.39. The maximum Gasteiger partial charge on any atom is 0.344 e. The van der Waals surface area contributed by atoms with E-state index >= 15 is 0 Å².